The van der Waals surface area contributed by atoms with Crippen molar-refractivity contribution < 1.29 is 37.8 Å². The zero-order valence-electron chi connectivity index (χ0n) is 91.4. The van der Waals surface area contributed by atoms with Crippen molar-refractivity contribution in [2.75, 3.05) is 11.9 Å². The molecular formula is C127H176N2O8S2. The highest BCUT2D eigenvalue weighted by molar-refractivity contribution is 7.26. The highest BCUT2D eigenvalue weighted by Gasteiger charge is 2.28. The number of anilines is 1. The molecule has 0 aliphatic rings. The largest absolute Gasteiger partial charge is 0.465 e. The fraction of sp³-hybridized carbons (Fsp3) is 0.402. The molecular weight excluding hydrogens is 1750 g/mol. The molecule has 4 heterocycles. The molecule has 12 aromatic carbocycles. The van der Waals surface area contributed by atoms with Crippen molar-refractivity contribution in [2.24, 2.45) is 23.2 Å². The van der Waals surface area contributed by atoms with Crippen LogP contribution >= 0.6 is 22.7 Å². The van der Waals surface area contributed by atoms with E-state index in [0.29, 0.717) is 41.8 Å². The summed E-state index contributed by atoms with van der Waals surface area (Å²) in [5.74, 6) is 3.49. The van der Waals surface area contributed by atoms with Crippen LogP contribution in [0.2, 0.25) is 0 Å². The number of nitrogens with one attached hydrogen (secondary N) is 2. The zero-order chi connectivity index (χ0) is 104. The van der Waals surface area contributed by atoms with Gasteiger partial charge in [0.05, 0.1) is 23.9 Å². The lowest BCUT2D eigenvalue weighted by atomic mass is 9.91. The van der Waals surface area contributed by atoms with Crippen LogP contribution in [-0.4, -0.2) is 35.4 Å². The van der Waals surface area contributed by atoms with Gasteiger partial charge in [0.1, 0.15) is 22.7 Å². The van der Waals surface area contributed by atoms with Gasteiger partial charge in [-0.15, -0.1) is 22.7 Å². The van der Waals surface area contributed by atoms with E-state index in [1.165, 1.54) is 110 Å². The summed E-state index contributed by atoms with van der Waals surface area (Å²) in [5.41, 5.74) is 11.9. The molecule has 0 fully saturated rings. The number of carbonyl (C=O) groups is 4. The second-order valence-corrected chi connectivity index (χ2v) is 34.6. The van der Waals surface area contributed by atoms with Gasteiger partial charge < -0.3 is 28.9 Å². The average Bonchev–Trinajstić information content (AvgIpc) is 1.64. The first kappa shape index (κ1) is 126. The Morgan fingerprint density at radius 3 is 1.43 bits per heavy atom. The molecule has 16 aromatic rings. The first-order chi connectivity index (χ1) is 67.5. The fourth-order valence-electron chi connectivity index (χ4n) is 13.4. The first-order valence-corrected chi connectivity index (χ1v) is 54.0. The van der Waals surface area contributed by atoms with Crippen LogP contribution in [-0.2, 0) is 30.3 Å². The summed E-state index contributed by atoms with van der Waals surface area (Å²) in [6.07, 6.45) is 8.84. The van der Waals surface area contributed by atoms with E-state index in [2.05, 4.69) is 211 Å². The third-order valence-electron chi connectivity index (χ3n) is 23.5. The van der Waals surface area contributed by atoms with Crippen molar-refractivity contribution in [3.8, 4) is 11.5 Å². The second kappa shape index (κ2) is 72.8. The Morgan fingerprint density at radius 1 is 0.367 bits per heavy atom. The van der Waals surface area contributed by atoms with Crippen molar-refractivity contribution in [1.82, 2.24) is 4.98 Å². The molecule has 1 amide bonds. The summed E-state index contributed by atoms with van der Waals surface area (Å²) >= 11 is 3.75. The lowest BCUT2D eigenvalue weighted by molar-refractivity contribution is -0.148. The van der Waals surface area contributed by atoms with Gasteiger partial charge in [-0.05, 0) is 217 Å². The Balaban J connectivity index is 0.000000779. The molecule has 4 aromatic heterocycles. The monoisotopic (exact) mass is 1920 g/mol. The van der Waals surface area contributed by atoms with Crippen LogP contribution < -0.4 is 14.8 Å². The average molecular weight is 1920 g/mol. The summed E-state index contributed by atoms with van der Waals surface area (Å²) in [4.78, 5) is 49.6. The Morgan fingerprint density at radius 2 is 0.842 bits per heavy atom. The van der Waals surface area contributed by atoms with Gasteiger partial charge in [-0.1, -0.05) is 421 Å². The van der Waals surface area contributed by atoms with Gasteiger partial charge >= 0.3 is 17.9 Å². The molecule has 7 atom stereocenters. The Labute approximate surface area is 848 Å². The highest BCUT2D eigenvalue weighted by atomic mass is 32.1. The summed E-state index contributed by atoms with van der Waals surface area (Å²) in [6, 6.07) is 96.8. The molecule has 2 N–H and O–H groups in total. The molecule has 10 nitrogen and oxygen atoms in total. The number of hydrogen-bond donors (Lipinski definition) is 2. The van der Waals surface area contributed by atoms with Crippen LogP contribution in [0, 0.1) is 23.2 Å². The van der Waals surface area contributed by atoms with Crippen molar-refractivity contribution >= 4 is 137 Å². The van der Waals surface area contributed by atoms with Gasteiger partial charge in [-0.25, -0.2) is 0 Å². The van der Waals surface area contributed by atoms with Crippen LogP contribution in [0.3, 0.4) is 0 Å². The molecule has 0 bridgehead atoms. The fourth-order valence-corrected chi connectivity index (χ4v) is 15.5. The van der Waals surface area contributed by atoms with E-state index >= 15 is 0 Å². The number of rotatable bonds is 22. The molecule has 0 radical (unpaired) electrons. The first-order valence-electron chi connectivity index (χ1n) is 52.3. The summed E-state index contributed by atoms with van der Waals surface area (Å²) in [7, 11) is 0. The quantitative estimate of drug-likeness (QED) is 0.0506. The smallest absolute Gasteiger partial charge is 0.316 e. The molecule has 0 saturated heterocycles. The summed E-state index contributed by atoms with van der Waals surface area (Å²) in [5, 5.41) is 16.6. The summed E-state index contributed by atoms with van der Waals surface area (Å²) in [6.45, 7) is 68.0. The highest BCUT2D eigenvalue weighted by Crippen LogP contribution is 2.40. The molecule has 0 spiro atoms. The minimum atomic E-state index is -0.439. The molecule has 12 heteroatoms. The number of H-pyrrole nitrogens is 1. The number of ether oxygens (including phenoxy) is 3. The van der Waals surface area contributed by atoms with E-state index in [9.17, 15) is 19.2 Å². The molecule has 7 unspecified atom stereocenters. The molecule has 0 aliphatic carbocycles. The van der Waals surface area contributed by atoms with Gasteiger partial charge in [-0.2, -0.15) is 0 Å². The number of hydrogen-bond acceptors (Lipinski definition) is 10. The Hall–Kier alpha value is -11.4. The predicted octanol–water partition coefficient (Wildman–Crippen LogP) is 40.4. The number of aromatic nitrogens is 1. The Bertz CT molecular complexity index is 5870. The lowest BCUT2D eigenvalue weighted by Gasteiger charge is -2.20. The third kappa shape index (κ3) is 41.1. The Kier molecular flexibility index (Phi) is 65.8. The number of fused-ring (bicyclic) bond motifs is 11. The van der Waals surface area contributed by atoms with E-state index in [0.717, 1.165) is 66.2 Å². The van der Waals surface area contributed by atoms with E-state index in [1.807, 2.05) is 329 Å². The van der Waals surface area contributed by atoms with Gasteiger partial charge in [-0.3, -0.25) is 19.2 Å². The van der Waals surface area contributed by atoms with E-state index in [-0.39, 0.29) is 41.6 Å². The normalized spacial score (nSPS) is 11.5. The molecule has 139 heavy (non-hydrogen) atoms. The van der Waals surface area contributed by atoms with Gasteiger partial charge in [0.25, 0.3) is 0 Å². The molecule has 754 valence electrons. The van der Waals surface area contributed by atoms with Crippen molar-refractivity contribution in [2.45, 2.75) is 310 Å². The molecule has 16 rings (SSSR count). The number of aromatic amines is 1. The minimum absolute atomic E-state index is 0.0146. The number of amides is 1. The molecule has 0 saturated carbocycles. The van der Waals surface area contributed by atoms with E-state index < -0.39 is 5.41 Å². The van der Waals surface area contributed by atoms with Crippen LogP contribution in [0.1, 0.15) is 331 Å². The maximum absolute atomic E-state index is 12.0. The number of carbonyl (C=O) groups excluding carboxylic acids is 4. The van der Waals surface area contributed by atoms with Crippen molar-refractivity contribution in [1.29, 1.82) is 0 Å². The predicted molar refractivity (Wildman–Crippen MR) is 617 cm³/mol. The maximum atomic E-state index is 12.0. The number of para-hydroxylation sites is 4. The SMILES string of the molecule is CC.CC.CC.CC.CC.CC.CC.CC.CCC(C)(C)C(=O)Oc1ccc2ccccc2c1.CCC(C)C(=O)Nc1ccccc1.CCC(C)C(=O)OCCc1ccccc1.CCC(C)C(=O)Oc1ccccc1.CCC(C)c1ccc2c(c1)oc1ccccc12.CCC(C)c1ccc2sccc2c1.CCC(C)c1cccc2[nH]c3ccccc3c12.CCC(C)c1cccc2c1sc1ccccc12. The van der Waals surface area contributed by atoms with Crippen molar-refractivity contribution in [3.63, 3.8) is 0 Å². The van der Waals surface area contributed by atoms with E-state index in [4.69, 9.17) is 18.6 Å². The standard InChI is InChI=1S/C16H17N.C16H18O2.C16H16O.C16H16S.C13H18O2.C12H14S.C11H15NO.C11H14O2.8C2H6/c1-3-11(2)12-8-6-10-15-16(12)13-7-4-5-9-14(13)17-15;1-4-16(2,3)15(17)18-14-10-9-12-7-5-6-8-13(12)11-14;1-3-11(2)12-8-9-14-13-6-4-5-7-15(13)17-16(14)10-12;1-3-11(2)12-8-6-9-14-13-7-4-5-10-15(13)17-16(12)14;1-3-11(2)13(14)15-10-9-12-7-5-4-6-8-12;1-3-9(2)10-4-5-12-11(8-10)6-7-13-12;1-3-9(2)11(13)12-10-7-5-4-6-8-10;1-3-9(2)11(12)13-10-7-5-4-6-8-10;8*1-2/h4-11,17H,3H2,1-2H3;5-11H,4H2,1-3H3;2*4-11H,3H2,1-2H3;4-8,11H,3,9-10H2,1-2H3;4-9H,3H2,1-2H3;4-9H,3H2,1-2H3,(H,12,13);4-9H,3H2,1-2H3;8*1-2H3. The summed E-state index contributed by atoms with van der Waals surface area (Å²) < 4.78 is 25.9. The number of thiophene rings is 2. The van der Waals surface area contributed by atoms with Crippen LogP contribution in [0.5, 0.6) is 11.5 Å². The van der Waals surface area contributed by atoms with Gasteiger partial charge in [0.2, 0.25) is 5.91 Å². The van der Waals surface area contributed by atoms with Gasteiger partial charge in [0.15, 0.2) is 0 Å². The number of esters is 3. The topological polar surface area (TPSA) is 137 Å². The van der Waals surface area contributed by atoms with Crippen LogP contribution in [0.25, 0.3) is 84.8 Å². The van der Waals surface area contributed by atoms with Gasteiger partial charge in [0, 0.05) is 75.5 Å². The zero-order valence-corrected chi connectivity index (χ0v) is 93.0. The number of benzene rings is 12. The van der Waals surface area contributed by atoms with Crippen molar-refractivity contribution in [3.05, 3.63) is 318 Å². The van der Waals surface area contributed by atoms with Crippen LogP contribution in [0.4, 0.5) is 5.69 Å². The maximum Gasteiger partial charge on any atom is 0.316 e. The lowest BCUT2D eigenvalue weighted by Crippen LogP contribution is -2.28. The van der Waals surface area contributed by atoms with Crippen LogP contribution in [0.15, 0.2) is 295 Å². The third-order valence-corrected chi connectivity index (χ3v) is 25.6. The second-order valence-electron chi connectivity index (χ2n) is 32.6. The molecule has 0 aliphatic heterocycles. The van der Waals surface area contributed by atoms with E-state index in [1.54, 1.807) is 12.1 Å². The minimum Gasteiger partial charge on any atom is -0.465 e. The number of furan rings is 1.